The molecule has 0 saturated carbocycles. The number of hydrogen-bond donors (Lipinski definition) is 0. The van der Waals surface area contributed by atoms with E-state index in [0.29, 0.717) is 5.75 Å². The Labute approximate surface area is 298 Å². The third-order valence-corrected chi connectivity index (χ3v) is 8.67. The van der Waals surface area contributed by atoms with E-state index in [-0.39, 0.29) is 0 Å². The highest BCUT2D eigenvalue weighted by Crippen LogP contribution is 2.45. The number of hydrogen-bond acceptors (Lipinski definition) is 3. The summed E-state index contributed by atoms with van der Waals surface area (Å²) in [6.45, 7) is 0. The van der Waals surface area contributed by atoms with Gasteiger partial charge in [0.2, 0.25) is 0 Å². The van der Waals surface area contributed by atoms with Gasteiger partial charge in [0.1, 0.15) is 34.5 Å². The molecule has 0 heterocycles. The highest BCUT2D eigenvalue weighted by atomic mass is 16.5. The molecule has 0 aliphatic heterocycles. The quantitative estimate of drug-likeness (QED) is 0.146. The Bertz CT molecular complexity index is 2390. The molecule has 0 aromatic heterocycles. The van der Waals surface area contributed by atoms with E-state index in [1.165, 1.54) is 0 Å². The zero-order chi connectivity index (χ0) is 34.2. The minimum absolute atomic E-state index is 0.713. The largest absolute Gasteiger partial charge is 0.457 e. The predicted molar refractivity (Wildman–Crippen MR) is 208 cm³/mol. The van der Waals surface area contributed by atoms with Crippen LogP contribution in [0.4, 0.5) is 0 Å². The fraction of sp³-hybridized carbons (Fsp3) is 0. The maximum atomic E-state index is 6.70. The molecule has 0 atom stereocenters. The van der Waals surface area contributed by atoms with Crippen molar-refractivity contribution in [1.29, 1.82) is 0 Å². The van der Waals surface area contributed by atoms with E-state index < -0.39 is 0 Å². The van der Waals surface area contributed by atoms with E-state index in [2.05, 4.69) is 78.9 Å². The molecule has 0 saturated heterocycles. The first kappa shape index (κ1) is 31.4. The first-order valence-electron chi connectivity index (χ1n) is 17.0. The van der Waals surface area contributed by atoms with Crippen LogP contribution in [0, 0.1) is 0 Å². The van der Waals surface area contributed by atoms with Gasteiger partial charge in [0, 0.05) is 22.3 Å². The number of rotatable bonds is 10. The first-order chi connectivity index (χ1) is 25.3. The lowest BCUT2D eigenvalue weighted by Crippen LogP contribution is -1.95. The Balaban J connectivity index is 1.13. The number of benzene rings is 8. The lowest BCUT2D eigenvalue weighted by molar-refractivity contribution is 0.478. The smallest absolute Gasteiger partial charge is 0.143 e. The molecule has 3 heteroatoms. The van der Waals surface area contributed by atoms with E-state index >= 15 is 0 Å². The van der Waals surface area contributed by atoms with Gasteiger partial charge in [0.25, 0.3) is 0 Å². The van der Waals surface area contributed by atoms with E-state index in [0.717, 1.165) is 73.3 Å². The van der Waals surface area contributed by atoms with Gasteiger partial charge in [-0.1, -0.05) is 158 Å². The summed E-state index contributed by atoms with van der Waals surface area (Å²) < 4.78 is 19.9. The van der Waals surface area contributed by atoms with Gasteiger partial charge in [-0.25, -0.2) is 0 Å². The fourth-order valence-electron chi connectivity index (χ4n) is 6.23. The van der Waals surface area contributed by atoms with Crippen molar-refractivity contribution in [1.82, 2.24) is 0 Å². The van der Waals surface area contributed by atoms with Crippen LogP contribution in [-0.2, 0) is 0 Å². The third-order valence-electron chi connectivity index (χ3n) is 8.67. The highest BCUT2D eigenvalue weighted by molar-refractivity contribution is 5.85. The zero-order valence-corrected chi connectivity index (χ0v) is 27.9. The van der Waals surface area contributed by atoms with E-state index in [1.807, 2.05) is 127 Å². The molecule has 8 aromatic rings. The van der Waals surface area contributed by atoms with Gasteiger partial charge in [-0.3, -0.25) is 0 Å². The molecule has 51 heavy (non-hydrogen) atoms. The Kier molecular flexibility index (Phi) is 9.08. The van der Waals surface area contributed by atoms with Crippen molar-refractivity contribution in [2.75, 3.05) is 0 Å². The minimum atomic E-state index is 0.713. The van der Waals surface area contributed by atoms with Crippen molar-refractivity contribution in [3.8, 4) is 79.0 Å². The van der Waals surface area contributed by atoms with E-state index in [4.69, 9.17) is 14.2 Å². The average Bonchev–Trinajstić information content (AvgIpc) is 3.20. The van der Waals surface area contributed by atoms with Crippen LogP contribution in [0.1, 0.15) is 0 Å². The predicted octanol–water partition coefficient (Wildman–Crippen LogP) is 13.7. The third kappa shape index (κ3) is 7.15. The molecule has 0 spiro atoms. The maximum Gasteiger partial charge on any atom is 0.143 e. The molecule has 0 aliphatic rings. The topological polar surface area (TPSA) is 27.7 Å². The van der Waals surface area contributed by atoms with Crippen LogP contribution in [0.3, 0.4) is 0 Å². The summed E-state index contributed by atoms with van der Waals surface area (Å²) >= 11 is 0. The molecule has 0 N–H and O–H groups in total. The molecule has 8 rings (SSSR count). The van der Waals surface area contributed by atoms with Crippen LogP contribution in [0.2, 0.25) is 0 Å². The summed E-state index contributed by atoms with van der Waals surface area (Å²) in [6, 6.07) is 69.3. The van der Waals surface area contributed by atoms with Crippen molar-refractivity contribution in [2.24, 2.45) is 0 Å². The summed E-state index contributed by atoms with van der Waals surface area (Å²) in [5.41, 5.74) is 8.13. The highest BCUT2D eigenvalue weighted by Gasteiger charge is 2.18. The summed E-state index contributed by atoms with van der Waals surface area (Å²) in [6.07, 6.45) is 0. The molecule has 0 unspecified atom stereocenters. The van der Waals surface area contributed by atoms with Crippen molar-refractivity contribution in [3.05, 3.63) is 206 Å². The van der Waals surface area contributed by atoms with Gasteiger partial charge in [-0.2, -0.15) is 0 Å². The van der Waals surface area contributed by atoms with Gasteiger partial charge in [-0.05, 0) is 70.8 Å². The molecule has 8 aromatic carbocycles. The SMILES string of the molecule is c1ccc(Oc2c(-c3ccccc3)cccc2-c2ccccc2Oc2cccc(-c3ccccc3Oc3cccc(-c4ccccc4)c3)c2)cc1. The van der Waals surface area contributed by atoms with Crippen molar-refractivity contribution in [2.45, 2.75) is 0 Å². The van der Waals surface area contributed by atoms with Crippen molar-refractivity contribution in [3.63, 3.8) is 0 Å². The standard InChI is InChI=1S/C48H34O3/c1-4-17-35(18-5-1)37-21-14-25-40(33-37)49-46-31-12-10-27-42(46)38-22-15-26-41(34-38)50-47-32-13-11-28-44(47)45-30-16-29-43(36-19-6-2-7-20-36)48(45)51-39-23-8-3-9-24-39/h1-34H. The molecular weight excluding hydrogens is 625 g/mol. The monoisotopic (exact) mass is 658 g/mol. The summed E-state index contributed by atoms with van der Waals surface area (Å²) in [5.74, 6) is 4.51. The average molecular weight is 659 g/mol. The van der Waals surface area contributed by atoms with Crippen LogP contribution < -0.4 is 14.2 Å². The Morgan fingerprint density at radius 1 is 0.235 bits per heavy atom. The Morgan fingerprint density at radius 3 is 1.35 bits per heavy atom. The van der Waals surface area contributed by atoms with Crippen LogP contribution in [0.15, 0.2) is 206 Å². The second kappa shape index (κ2) is 14.7. The number of ether oxygens (including phenoxy) is 3. The molecule has 0 radical (unpaired) electrons. The lowest BCUT2D eigenvalue weighted by atomic mass is 9.96. The second-order valence-electron chi connectivity index (χ2n) is 12.1. The summed E-state index contributed by atoms with van der Waals surface area (Å²) in [7, 11) is 0. The van der Waals surface area contributed by atoms with Crippen LogP contribution >= 0.6 is 0 Å². The van der Waals surface area contributed by atoms with Gasteiger partial charge in [-0.15, -0.1) is 0 Å². The zero-order valence-electron chi connectivity index (χ0n) is 27.9. The van der Waals surface area contributed by atoms with Crippen molar-refractivity contribution < 1.29 is 14.2 Å². The summed E-state index contributed by atoms with van der Waals surface area (Å²) in [5, 5.41) is 0. The van der Waals surface area contributed by atoms with Gasteiger partial charge in [0.05, 0.1) is 0 Å². The second-order valence-corrected chi connectivity index (χ2v) is 12.1. The number of para-hydroxylation sites is 4. The molecule has 244 valence electrons. The van der Waals surface area contributed by atoms with Gasteiger partial charge < -0.3 is 14.2 Å². The van der Waals surface area contributed by atoms with Crippen molar-refractivity contribution >= 4 is 0 Å². The lowest BCUT2D eigenvalue weighted by Gasteiger charge is -2.19. The van der Waals surface area contributed by atoms with Gasteiger partial charge >= 0.3 is 0 Å². The van der Waals surface area contributed by atoms with Crippen LogP contribution in [-0.4, -0.2) is 0 Å². The molecule has 0 bridgehead atoms. The Morgan fingerprint density at radius 2 is 0.667 bits per heavy atom. The maximum absolute atomic E-state index is 6.70. The van der Waals surface area contributed by atoms with Gasteiger partial charge in [0.15, 0.2) is 0 Å². The molecule has 0 amide bonds. The minimum Gasteiger partial charge on any atom is -0.457 e. The molecule has 0 aliphatic carbocycles. The van der Waals surface area contributed by atoms with E-state index in [9.17, 15) is 0 Å². The fourth-order valence-corrected chi connectivity index (χ4v) is 6.23. The Hall–Kier alpha value is -6.84. The first-order valence-corrected chi connectivity index (χ1v) is 17.0. The normalized spacial score (nSPS) is 10.7. The molecular formula is C48H34O3. The van der Waals surface area contributed by atoms with Crippen LogP contribution in [0.5, 0.6) is 34.5 Å². The molecule has 0 fully saturated rings. The van der Waals surface area contributed by atoms with E-state index in [1.54, 1.807) is 0 Å². The summed E-state index contributed by atoms with van der Waals surface area (Å²) in [4.78, 5) is 0. The molecule has 3 nitrogen and oxygen atoms in total. The van der Waals surface area contributed by atoms with Crippen LogP contribution in [0.25, 0.3) is 44.5 Å².